The highest BCUT2D eigenvalue weighted by Gasteiger charge is 2.21. The number of carbonyl (C=O) groups excluding carboxylic acids is 1. The van der Waals surface area contributed by atoms with Crippen LogP contribution >= 0.6 is 0 Å². The van der Waals surface area contributed by atoms with Gasteiger partial charge in [0.15, 0.2) is 0 Å². The van der Waals surface area contributed by atoms with Crippen molar-refractivity contribution in [1.29, 1.82) is 0 Å². The molecule has 2 heterocycles. The molecule has 2 aromatic rings. The molecule has 5 nitrogen and oxygen atoms in total. The molecule has 1 aromatic carbocycles. The molecule has 1 N–H and O–H groups in total. The number of hydrogen-bond donors (Lipinski definition) is 1. The van der Waals surface area contributed by atoms with Crippen LogP contribution in [0, 0.1) is 5.95 Å². The van der Waals surface area contributed by atoms with E-state index in [-0.39, 0.29) is 6.10 Å². The molecule has 1 aliphatic rings. The number of fused-ring (bicyclic) bond motifs is 1. The van der Waals surface area contributed by atoms with E-state index in [1.807, 2.05) is 19.9 Å². The Morgan fingerprint density at radius 2 is 1.93 bits per heavy atom. The van der Waals surface area contributed by atoms with E-state index >= 15 is 0 Å². The summed E-state index contributed by atoms with van der Waals surface area (Å²) in [7, 11) is 0. The van der Waals surface area contributed by atoms with Crippen molar-refractivity contribution in [2.24, 2.45) is 0 Å². The van der Waals surface area contributed by atoms with Crippen LogP contribution in [-0.4, -0.2) is 23.7 Å². The van der Waals surface area contributed by atoms with E-state index in [0.29, 0.717) is 6.54 Å². The molecule has 0 spiro atoms. The number of anilines is 2. The van der Waals surface area contributed by atoms with Gasteiger partial charge in [0.2, 0.25) is 5.95 Å². The van der Waals surface area contributed by atoms with Crippen LogP contribution < -0.4 is 10.2 Å². The molecule has 150 valence electrons. The van der Waals surface area contributed by atoms with E-state index in [1.54, 1.807) is 0 Å². The summed E-state index contributed by atoms with van der Waals surface area (Å²) in [4.78, 5) is 18.4. The highest BCUT2D eigenvalue weighted by molar-refractivity contribution is 5.88. The third kappa shape index (κ3) is 4.43. The van der Waals surface area contributed by atoms with E-state index in [9.17, 15) is 9.18 Å². The van der Waals surface area contributed by atoms with E-state index in [2.05, 4.69) is 41.2 Å². The molecule has 0 radical (unpaired) electrons. The summed E-state index contributed by atoms with van der Waals surface area (Å²) < 4.78 is 18.6. The second-order valence-corrected chi connectivity index (χ2v) is 7.34. The lowest BCUT2D eigenvalue weighted by Gasteiger charge is -2.31. The van der Waals surface area contributed by atoms with E-state index in [4.69, 9.17) is 4.74 Å². The number of hydrogen-bond acceptors (Lipinski definition) is 4. The maximum Gasteiger partial charge on any atom is 0.411 e. The fraction of sp³-hybridized carbons (Fsp3) is 0.455. The van der Waals surface area contributed by atoms with Crippen molar-refractivity contribution in [3.8, 4) is 0 Å². The summed E-state index contributed by atoms with van der Waals surface area (Å²) in [6.45, 7) is 9.32. The first-order chi connectivity index (χ1) is 13.4. The Morgan fingerprint density at radius 1 is 1.25 bits per heavy atom. The van der Waals surface area contributed by atoms with Crippen molar-refractivity contribution >= 4 is 17.5 Å². The zero-order chi connectivity index (χ0) is 20.3. The third-order valence-corrected chi connectivity index (χ3v) is 5.00. The minimum absolute atomic E-state index is 0.165. The summed E-state index contributed by atoms with van der Waals surface area (Å²) in [6, 6.07) is 7.51. The maximum absolute atomic E-state index is 13.4. The normalized spacial score (nSPS) is 13.4. The minimum Gasteiger partial charge on any atom is -0.447 e. The molecule has 0 unspecified atom stereocenters. The number of aryl methyl sites for hydroxylation is 2. The quantitative estimate of drug-likeness (QED) is 0.747. The van der Waals surface area contributed by atoms with Gasteiger partial charge in [-0.25, -0.2) is 9.78 Å². The topological polar surface area (TPSA) is 54.5 Å². The van der Waals surface area contributed by atoms with Crippen LogP contribution in [0.3, 0.4) is 0 Å². The number of halogens is 1. The van der Waals surface area contributed by atoms with E-state index in [0.717, 1.165) is 59.6 Å². The summed E-state index contributed by atoms with van der Waals surface area (Å²) >= 11 is 0. The minimum atomic E-state index is -0.424. The Balaban J connectivity index is 1.89. The van der Waals surface area contributed by atoms with Crippen LogP contribution in [0.2, 0.25) is 0 Å². The second kappa shape index (κ2) is 8.59. The van der Waals surface area contributed by atoms with Gasteiger partial charge < -0.3 is 9.64 Å². The molecule has 0 atom stereocenters. The standard InChI is InChI=1S/C22H28FN3O2/c1-5-15-11-18(12-16(6-2)21(15)25-22(27)28-14(3)4)26-10-9-19-17(13-26)7-8-20(23)24-19/h7-8,11-12,14H,5-6,9-10,13H2,1-4H3,(H,25,27). The first-order valence-electron chi connectivity index (χ1n) is 9.93. The van der Waals surface area contributed by atoms with Crippen molar-refractivity contribution in [2.45, 2.75) is 59.6 Å². The van der Waals surface area contributed by atoms with Crippen LogP contribution in [-0.2, 0) is 30.5 Å². The Morgan fingerprint density at radius 3 is 2.54 bits per heavy atom. The zero-order valence-electron chi connectivity index (χ0n) is 17.0. The Hall–Kier alpha value is -2.63. The average Bonchev–Trinajstić information content (AvgIpc) is 2.66. The van der Waals surface area contributed by atoms with Gasteiger partial charge in [-0.3, -0.25) is 5.32 Å². The van der Waals surface area contributed by atoms with Crippen molar-refractivity contribution in [3.05, 3.63) is 52.6 Å². The van der Waals surface area contributed by atoms with Crippen molar-refractivity contribution in [2.75, 3.05) is 16.8 Å². The fourth-order valence-electron chi connectivity index (χ4n) is 3.61. The summed E-state index contributed by atoms with van der Waals surface area (Å²) in [5.41, 5.74) is 6.03. The molecule has 0 saturated carbocycles. The van der Waals surface area contributed by atoms with Crippen molar-refractivity contribution in [3.63, 3.8) is 0 Å². The van der Waals surface area contributed by atoms with Gasteiger partial charge in [-0.05, 0) is 61.6 Å². The lowest BCUT2D eigenvalue weighted by atomic mass is 9.99. The van der Waals surface area contributed by atoms with Crippen LogP contribution in [0.5, 0.6) is 0 Å². The number of nitrogens with zero attached hydrogens (tertiary/aromatic N) is 2. The molecular weight excluding hydrogens is 357 g/mol. The molecule has 0 fully saturated rings. The van der Waals surface area contributed by atoms with Crippen LogP contribution in [0.15, 0.2) is 24.3 Å². The monoisotopic (exact) mass is 385 g/mol. The Labute approximate surface area is 165 Å². The zero-order valence-corrected chi connectivity index (χ0v) is 17.0. The van der Waals surface area contributed by atoms with Gasteiger partial charge in [0.05, 0.1) is 17.5 Å². The highest BCUT2D eigenvalue weighted by Crippen LogP contribution is 2.32. The van der Waals surface area contributed by atoms with Crippen molar-refractivity contribution < 1.29 is 13.9 Å². The largest absolute Gasteiger partial charge is 0.447 e. The lowest BCUT2D eigenvalue weighted by Crippen LogP contribution is -2.31. The SMILES string of the molecule is CCc1cc(N2CCc3nc(F)ccc3C2)cc(CC)c1NC(=O)OC(C)C. The lowest BCUT2D eigenvalue weighted by molar-refractivity contribution is 0.130. The summed E-state index contributed by atoms with van der Waals surface area (Å²) in [5.74, 6) is -0.419. The predicted molar refractivity (Wildman–Crippen MR) is 109 cm³/mol. The van der Waals surface area contributed by atoms with Gasteiger partial charge in [0, 0.05) is 25.2 Å². The molecule has 0 bridgehead atoms. The molecule has 1 aromatic heterocycles. The molecule has 28 heavy (non-hydrogen) atoms. The molecule has 1 aliphatic heterocycles. The fourth-order valence-corrected chi connectivity index (χ4v) is 3.61. The van der Waals surface area contributed by atoms with E-state index < -0.39 is 12.0 Å². The van der Waals surface area contributed by atoms with Crippen LogP contribution in [0.25, 0.3) is 0 Å². The first kappa shape index (κ1) is 20.1. The van der Waals surface area contributed by atoms with Gasteiger partial charge >= 0.3 is 6.09 Å². The van der Waals surface area contributed by atoms with Crippen LogP contribution in [0.4, 0.5) is 20.6 Å². The number of aromatic nitrogens is 1. The van der Waals surface area contributed by atoms with Crippen LogP contribution in [0.1, 0.15) is 50.1 Å². The smallest absolute Gasteiger partial charge is 0.411 e. The van der Waals surface area contributed by atoms with Gasteiger partial charge in [-0.15, -0.1) is 0 Å². The number of pyridine rings is 1. The number of amides is 1. The molecular formula is C22H28FN3O2. The van der Waals surface area contributed by atoms with Gasteiger partial charge in [0.25, 0.3) is 0 Å². The second-order valence-electron chi connectivity index (χ2n) is 7.34. The molecule has 1 amide bonds. The average molecular weight is 385 g/mol. The number of ether oxygens (including phenoxy) is 1. The van der Waals surface area contributed by atoms with Crippen molar-refractivity contribution in [1.82, 2.24) is 4.98 Å². The first-order valence-corrected chi connectivity index (χ1v) is 9.93. The summed E-state index contributed by atoms with van der Waals surface area (Å²) in [5, 5.41) is 2.93. The Kier molecular flexibility index (Phi) is 6.17. The predicted octanol–water partition coefficient (Wildman–Crippen LogP) is 4.87. The van der Waals surface area contributed by atoms with Gasteiger partial charge in [0.1, 0.15) is 0 Å². The van der Waals surface area contributed by atoms with Gasteiger partial charge in [-0.1, -0.05) is 19.9 Å². The summed E-state index contributed by atoms with van der Waals surface area (Å²) in [6.07, 6.45) is 1.73. The molecule has 6 heteroatoms. The third-order valence-electron chi connectivity index (χ3n) is 5.00. The number of rotatable bonds is 5. The number of carbonyl (C=O) groups is 1. The number of nitrogens with one attached hydrogen (secondary N) is 1. The molecule has 3 rings (SSSR count). The van der Waals surface area contributed by atoms with Gasteiger partial charge in [-0.2, -0.15) is 4.39 Å². The molecule has 0 aliphatic carbocycles. The molecule has 0 saturated heterocycles. The highest BCUT2D eigenvalue weighted by atomic mass is 19.1. The van der Waals surface area contributed by atoms with E-state index in [1.165, 1.54) is 6.07 Å². The number of benzene rings is 1. The Bertz CT molecular complexity index is 842. The maximum atomic E-state index is 13.4.